The number of hydrogen-bond acceptors (Lipinski definition) is 6. The molecule has 8 heteroatoms. The van der Waals surface area contributed by atoms with Gasteiger partial charge in [0.1, 0.15) is 0 Å². The Labute approximate surface area is 163 Å². The van der Waals surface area contributed by atoms with Crippen LogP contribution in [0.5, 0.6) is 5.88 Å². The second kappa shape index (κ2) is 6.96. The number of nitrogens with zero attached hydrogens (tertiary/aromatic N) is 5. The summed E-state index contributed by atoms with van der Waals surface area (Å²) in [4.78, 5) is 30.2. The first-order valence-corrected chi connectivity index (χ1v) is 9.40. The van der Waals surface area contributed by atoms with Gasteiger partial charge < -0.3 is 14.5 Å². The summed E-state index contributed by atoms with van der Waals surface area (Å²) >= 11 is 6.33. The van der Waals surface area contributed by atoms with E-state index >= 15 is 0 Å². The lowest BCUT2D eigenvalue weighted by Crippen LogP contribution is -2.34. The van der Waals surface area contributed by atoms with Crippen molar-refractivity contribution in [3.8, 4) is 5.88 Å². The molecule has 1 unspecified atom stereocenters. The molecule has 7 nitrogen and oxygen atoms in total. The van der Waals surface area contributed by atoms with Crippen molar-refractivity contribution in [1.29, 1.82) is 0 Å². The molecule has 1 saturated heterocycles. The molecule has 2 aromatic rings. The molecule has 0 aliphatic carbocycles. The lowest BCUT2D eigenvalue weighted by Gasteiger charge is -2.21. The summed E-state index contributed by atoms with van der Waals surface area (Å²) in [6.07, 6.45) is 4.09. The highest BCUT2D eigenvalue weighted by molar-refractivity contribution is 6.32. The molecular weight excluding hydrogens is 366 g/mol. The number of fused-ring (bicyclic) bond motifs is 1. The van der Waals surface area contributed by atoms with Gasteiger partial charge in [-0.3, -0.25) is 14.8 Å². The highest BCUT2D eigenvalue weighted by Gasteiger charge is 2.35. The van der Waals surface area contributed by atoms with Crippen molar-refractivity contribution in [2.45, 2.75) is 33.4 Å². The van der Waals surface area contributed by atoms with E-state index in [4.69, 9.17) is 16.3 Å². The lowest BCUT2D eigenvalue weighted by molar-refractivity contribution is -0.135. The number of anilines is 1. The summed E-state index contributed by atoms with van der Waals surface area (Å²) in [7, 11) is 1.57. The van der Waals surface area contributed by atoms with Crippen LogP contribution in [0.4, 0.5) is 5.82 Å². The summed E-state index contributed by atoms with van der Waals surface area (Å²) in [6, 6.07) is 0. The minimum absolute atomic E-state index is 0.0517. The maximum Gasteiger partial charge on any atom is 0.233 e. The first-order valence-electron chi connectivity index (χ1n) is 9.02. The van der Waals surface area contributed by atoms with Crippen LogP contribution >= 0.6 is 11.6 Å². The van der Waals surface area contributed by atoms with Crippen molar-refractivity contribution in [1.82, 2.24) is 19.9 Å². The van der Waals surface area contributed by atoms with E-state index in [0.717, 1.165) is 41.3 Å². The number of ether oxygens (including phenoxy) is 1. The van der Waals surface area contributed by atoms with Crippen LogP contribution in [-0.2, 0) is 17.9 Å². The van der Waals surface area contributed by atoms with Crippen molar-refractivity contribution < 1.29 is 9.53 Å². The molecule has 2 aliphatic rings. The van der Waals surface area contributed by atoms with Gasteiger partial charge in [-0.05, 0) is 31.4 Å². The molecular formula is C19H22ClN5O2. The van der Waals surface area contributed by atoms with Crippen molar-refractivity contribution in [3.63, 3.8) is 0 Å². The Morgan fingerprint density at radius 2 is 2.07 bits per heavy atom. The third kappa shape index (κ3) is 3.20. The largest absolute Gasteiger partial charge is 0.480 e. The Morgan fingerprint density at radius 1 is 1.26 bits per heavy atom. The molecule has 0 N–H and O–H groups in total. The molecule has 0 radical (unpaired) electrons. The van der Waals surface area contributed by atoms with E-state index in [2.05, 4.69) is 19.9 Å². The average Bonchev–Trinajstić information content (AvgIpc) is 3.33. The van der Waals surface area contributed by atoms with Gasteiger partial charge in [0, 0.05) is 19.6 Å². The van der Waals surface area contributed by atoms with E-state index in [9.17, 15) is 4.79 Å². The van der Waals surface area contributed by atoms with Crippen LogP contribution < -0.4 is 9.64 Å². The van der Waals surface area contributed by atoms with Crippen LogP contribution in [0.2, 0.25) is 5.02 Å². The molecule has 2 aromatic heterocycles. The van der Waals surface area contributed by atoms with Crippen LogP contribution in [0.3, 0.4) is 0 Å². The maximum absolute atomic E-state index is 13.1. The maximum atomic E-state index is 13.1. The van der Waals surface area contributed by atoms with Gasteiger partial charge in [-0.15, -0.1) is 0 Å². The summed E-state index contributed by atoms with van der Waals surface area (Å²) < 4.78 is 5.14. The molecule has 0 saturated carbocycles. The number of carbonyl (C=O) groups is 1. The normalized spacial score (nSPS) is 18.7. The molecule has 142 valence electrons. The first-order chi connectivity index (χ1) is 13.0. The van der Waals surface area contributed by atoms with Crippen molar-refractivity contribution in [2.24, 2.45) is 5.92 Å². The summed E-state index contributed by atoms with van der Waals surface area (Å²) in [5.74, 6) is 1.34. The smallest absolute Gasteiger partial charge is 0.233 e. The Morgan fingerprint density at radius 3 is 2.85 bits per heavy atom. The molecule has 1 amide bonds. The zero-order valence-electron chi connectivity index (χ0n) is 15.7. The van der Waals surface area contributed by atoms with Crippen molar-refractivity contribution in [2.75, 3.05) is 25.1 Å². The number of amides is 1. The van der Waals surface area contributed by atoms with Crippen LogP contribution in [-0.4, -0.2) is 46.0 Å². The van der Waals surface area contributed by atoms with Crippen LogP contribution in [0.15, 0.2) is 12.4 Å². The number of rotatable bonds is 3. The minimum atomic E-state index is -0.0517. The zero-order valence-corrected chi connectivity index (χ0v) is 16.5. The molecule has 27 heavy (non-hydrogen) atoms. The molecule has 1 atom stereocenters. The van der Waals surface area contributed by atoms with Crippen LogP contribution in [0.1, 0.15) is 28.9 Å². The van der Waals surface area contributed by atoms with E-state index in [1.165, 1.54) is 0 Å². The zero-order chi connectivity index (χ0) is 19.1. The Kier molecular flexibility index (Phi) is 4.63. The highest BCUT2D eigenvalue weighted by atomic mass is 35.5. The van der Waals surface area contributed by atoms with E-state index in [0.29, 0.717) is 30.5 Å². The summed E-state index contributed by atoms with van der Waals surface area (Å²) in [6.45, 7) is 6.47. The molecule has 0 aromatic carbocycles. The minimum Gasteiger partial charge on any atom is -0.480 e. The molecule has 4 rings (SSSR count). The summed E-state index contributed by atoms with van der Waals surface area (Å²) in [5.41, 5.74) is 3.92. The Balaban J connectivity index is 1.46. The summed E-state index contributed by atoms with van der Waals surface area (Å²) in [5, 5.41) is 0.701. The Bertz CT molecular complexity index is 904. The van der Waals surface area contributed by atoms with Gasteiger partial charge in [-0.1, -0.05) is 11.6 Å². The molecule has 4 heterocycles. The van der Waals surface area contributed by atoms with Crippen molar-refractivity contribution in [3.05, 3.63) is 39.9 Å². The highest BCUT2D eigenvalue weighted by Crippen LogP contribution is 2.33. The average molecular weight is 388 g/mol. The van der Waals surface area contributed by atoms with E-state index < -0.39 is 0 Å². The van der Waals surface area contributed by atoms with Gasteiger partial charge in [0.25, 0.3) is 0 Å². The number of carbonyl (C=O) groups excluding carboxylic acids is 1. The molecule has 2 aliphatic heterocycles. The number of halogens is 1. The third-order valence-electron chi connectivity index (χ3n) is 5.42. The predicted molar refractivity (Wildman–Crippen MR) is 102 cm³/mol. The Hall–Kier alpha value is -2.41. The molecule has 0 bridgehead atoms. The number of pyridine rings is 1. The fourth-order valence-corrected chi connectivity index (χ4v) is 4.04. The molecule has 0 spiro atoms. The van der Waals surface area contributed by atoms with E-state index in [1.807, 2.05) is 18.7 Å². The fourth-order valence-electron chi connectivity index (χ4n) is 3.88. The first kappa shape index (κ1) is 18.0. The van der Waals surface area contributed by atoms with Gasteiger partial charge >= 0.3 is 0 Å². The van der Waals surface area contributed by atoms with Gasteiger partial charge in [0.15, 0.2) is 5.82 Å². The van der Waals surface area contributed by atoms with E-state index in [1.54, 1.807) is 19.5 Å². The number of methoxy groups -OCH3 is 1. The topological polar surface area (TPSA) is 71.5 Å². The van der Waals surface area contributed by atoms with Gasteiger partial charge in [-0.25, -0.2) is 0 Å². The van der Waals surface area contributed by atoms with Gasteiger partial charge in [0.2, 0.25) is 11.8 Å². The number of aryl methyl sites for hydroxylation is 1. The second-order valence-electron chi connectivity index (χ2n) is 7.11. The van der Waals surface area contributed by atoms with Gasteiger partial charge in [0.05, 0.1) is 48.4 Å². The van der Waals surface area contributed by atoms with Gasteiger partial charge in [-0.2, -0.15) is 4.98 Å². The standard InChI is InChI=1S/C19H22ClN5O2/c1-11-14-9-25(10-15(14)22-12(2)18(11)20)19(26)13-4-5-24(8-13)16-6-21-7-17(23-16)27-3/h6-7,13H,4-5,8-10H2,1-3H3. The predicted octanol–water partition coefficient (Wildman–Crippen LogP) is 2.52. The SMILES string of the molecule is COc1cncc(N2CCC(C(=O)N3Cc4nc(C)c(Cl)c(C)c4C3)C2)n1. The van der Waals surface area contributed by atoms with Crippen LogP contribution in [0, 0.1) is 19.8 Å². The number of hydrogen-bond donors (Lipinski definition) is 0. The quantitative estimate of drug-likeness (QED) is 0.805. The fraction of sp³-hybridized carbons (Fsp3) is 0.474. The second-order valence-corrected chi connectivity index (χ2v) is 7.48. The van der Waals surface area contributed by atoms with E-state index in [-0.39, 0.29) is 11.8 Å². The monoisotopic (exact) mass is 387 g/mol. The van der Waals surface area contributed by atoms with Crippen molar-refractivity contribution >= 4 is 23.3 Å². The third-order valence-corrected chi connectivity index (χ3v) is 5.98. The molecule has 1 fully saturated rings. The number of aromatic nitrogens is 3. The lowest BCUT2D eigenvalue weighted by atomic mass is 10.1. The van der Waals surface area contributed by atoms with Crippen LogP contribution in [0.25, 0.3) is 0 Å².